The highest BCUT2D eigenvalue weighted by Gasteiger charge is 2.23. The zero-order valence-corrected chi connectivity index (χ0v) is 22.6. The van der Waals surface area contributed by atoms with Crippen molar-refractivity contribution in [3.05, 3.63) is 112 Å². The number of hydrogen-bond donors (Lipinski definition) is 1. The molecule has 0 saturated carbocycles. The third-order valence-electron chi connectivity index (χ3n) is 7.31. The van der Waals surface area contributed by atoms with Gasteiger partial charge in [-0.1, -0.05) is 18.2 Å². The lowest BCUT2D eigenvalue weighted by Crippen LogP contribution is -2.31. The van der Waals surface area contributed by atoms with Gasteiger partial charge in [0.15, 0.2) is 5.82 Å². The smallest absolute Gasteiger partial charge is 0.335 e. The second-order valence-corrected chi connectivity index (χ2v) is 10.1. The number of fused-ring (bicyclic) bond motifs is 1. The van der Waals surface area contributed by atoms with E-state index in [-0.39, 0.29) is 47.4 Å². The fourth-order valence-corrected chi connectivity index (χ4v) is 4.86. The number of nitrogens with zero attached hydrogens (tertiary/aromatic N) is 4. The van der Waals surface area contributed by atoms with Crippen LogP contribution in [-0.4, -0.2) is 38.3 Å². The van der Waals surface area contributed by atoms with E-state index >= 15 is 4.39 Å². The van der Waals surface area contributed by atoms with Crippen LogP contribution in [0.15, 0.2) is 66.7 Å². The third kappa shape index (κ3) is 5.78. The summed E-state index contributed by atoms with van der Waals surface area (Å²) in [6, 6.07) is 17.4. The lowest BCUT2D eigenvalue weighted by molar-refractivity contribution is -0.0589. The number of carboxylic acids is 1. The van der Waals surface area contributed by atoms with E-state index in [4.69, 9.17) is 14.7 Å². The molecule has 2 aromatic heterocycles. The minimum atomic E-state index is -1.05. The van der Waals surface area contributed by atoms with Crippen LogP contribution in [-0.2, 0) is 24.3 Å². The maximum Gasteiger partial charge on any atom is 0.335 e. The maximum atomic E-state index is 15.4. The van der Waals surface area contributed by atoms with Gasteiger partial charge in [-0.15, -0.1) is 0 Å². The van der Waals surface area contributed by atoms with Crippen LogP contribution in [0.2, 0.25) is 0 Å². The Labute approximate surface area is 243 Å². The van der Waals surface area contributed by atoms with Crippen molar-refractivity contribution in [2.45, 2.75) is 32.1 Å². The molecule has 0 aliphatic carbocycles. The summed E-state index contributed by atoms with van der Waals surface area (Å²) in [5, 5.41) is 18.3. The molecule has 5 aromatic rings. The zero-order valence-electron chi connectivity index (χ0n) is 22.6. The molecule has 0 bridgehead atoms. The molecule has 0 radical (unpaired) electrons. The summed E-state index contributed by atoms with van der Waals surface area (Å²) in [6.07, 6.45) is 0.961. The number of imidazole rings is 1. The number of carboxylic acid groups (broad SMARTS) is 1. The predicted octanol–water partition coefficient (Wildman–Crippen LogP) is 6.04. The molecule has 1 atom stereocenters. The third-order valence-corrected chi connectivity index (χ3v) is 7.31. The van der Waals surface area contributed by atoms with Crippen LogP contribution in [0.3, 0.4) is 0 Å². The van der Waals surface area contributed by atoms with Gasteiger partial charge in [-0.2, -0.15) is 5.26 Å². The topological polar surface area (TPSA) is 110 Å². The summed E-state index contributed by atoms with van der Waals surface area (Å²) in [5.41, 5.74) is 2.60. The fraction of sp³-hybridized carbons (Fsp3) is 0.188. The van der Waals surface area contributed by atoms with E-state index in [1.54, 1.807) is 24.3 Å². The second-order valence-electron chi connectivity index (χ2n) is 10.1. The van der Waals surface area contributed by atoms with E-state index in [2.05, 4.69) is 9.97 Å². The van der Waals surface area contributed by atoms with E-state index in [9.17, 15) is 18.7 Å². The number of benzene rings is 3. The van der Waals surface area contributed by atoms with Crippen molar-refractivity contribution in [2.24, 2.45) is 0 Å². The first-order valence-electron chi connectivity index (χ1n) is 13.4. The molecule has 0 unspecified atom stereocenters. The van der Waals surface area contributed by atoms with Crippen molar-refractivity contribution >= 4 is 17.0 Å². The number of ether oxygens (including phenoxy) is 2. The van der Waals surface area contributed by atoms with Crippen molar-refractivity contribution in [1.29, 1.82) is 5.26 Å². The monoisotopic (exact) mass is 584 g/mol. The highest BCUT2D eigenvalue weighted by molar-refractivity contribution is 5.92. The number of hydrogen-bond acceptors (Lipinski definition) is 6. The van der Waals surface area contributed by atoms with Crippen LogP contribution < -0.4 is 4.74 Å². The number of halogens is 3. The molecule has 1 N–H and O–H groups in total. The van der Waals surface area contributed by atoms with Gasteiger partial charge in [-0.3, -0.25) is 0 Å². The summed E-state index contributed by atoms with van der Waals surface area (Å²) in [4.78, 5) is 20.4. The number of nitriles is 1. The van der Waals surface area contributed by atoms with Gasteiger partial charge < -0.3 is 19.1 Å². The summed E-state index contributed by atoms with van der Waals surface area (Å²) in [7, 11) is 0. The Bertz CT molecular complexity index is 1910. The molecule has 3 heterocycles. The molecule has 1 aliphatic heterocycles. The Kier molecular flexibility index (Phi) is 7.52. The van der Waals surface area contributed by atoms with Crippen LogP contribution in [0.1, 0.15) is 39.3 Å². The molecule has 11 heteroatoms. The molecule has 3 aromatic carbocycles. The van der Waals surface area contributed by atoms with E-state index in [0.717, 1.165) is 18.6 Å². The highest BCUT2D eigenvalue weighted by atomic mass is 19.1. The van der Waals surface area contributed by atoms with Crippen molar-refractivity contribution in [1.82, 2.24) is 14.5 Å². The van der Waals surface area contributed by atoms with E-state index in [0.29, 0.717) is 41.1 Å². The van der Waals surface area contributed by atoms with Crippen LogP contribution in [0.4, 0.5) is 13.2 Å². The molecule has 43 heavy (non-hydrogen) atoms. The number of aromatic carboxylic acids is 1. The van der Waals surface area contributed by atoms with Gasteiger partial charge in [0.1, 0.15) is 24.1 Å². The second kappa shape index (κ2) is 11.6. The molecule has 1 fully saturated rings. The lowest BCUT2D eigenvalue weighted by atomic mass is 10.0. The average molecular weight is 585 g/mol. The summed E-state index contributed by atoms with van der Waals surface area (Å²) in [6.45, 7) is 0.794. The van der Waals surface area contributed by atoms with Gasteiger partial charge in [0, 0.05) is 24.2 Å². The van der Waals surface area contributed by atoms with E-state index in [1.165, 1.54) is 30.3 Å². The summed E-state index contributed by atoms with van der Waals surface area (Å²) in [5.74, 6) is -2.83. The van der Waals surface area contributed by atoms with Crippen molar-refractivity contribution in [3.63, 3.8) is 0 Å². The number of carbonyl (C=O) groups is 1. The highest BCUT2D eigenvalue weighted by Crippen LogP contribution is 2.28. The first-order chi connectivity index (χ1) is 20.8. The fourth-order valence-electron chi connectivity index (χ4n) is 4.86. The quantitative estimate of drug-likeness (QED) is 0.225. The number of aromatic nitrogens is 3. The molecule has 8 nitrogen and oxygen atoms in total. The standard InChI is InChI=1S/C32H23F3N4O4/c33-24-6-8-27(38-31(24)43-17-22-2-1-18(15-36)11-25(22)34)20-4-3-19(26(35)12-20)14-30-37-28-7-5-21(32(40)41)13-29(28)39(30)16-23-9-10-42-23/h1-8,11-13,23H,9-10,14,16-17H2,(H,40,41)/t23-/m0/s1. The first-order valence-corrected chi connectivity index (χ1v) is 13.4. The van der Waals surface area contributed by atoms with Crippen LogP contribution in [0, 0.1) is 28.8 Å². The van der Waals surface area contributed by atoms with Gasteiger partial charge in [0.2, 0.25) is 0 Å². The van der Waals surface area contributed by atoms with Crippen LogP contribution in [0.5, 0.6) is 5.88 Å². The van der Waals surface area contributed by atoms with Gasteiger partial charge >= 0.3 is 5.97 Å². The number of pyridine rings is 1. The molecule has 216 valence electrons. The van der Waals surface area contributed by atoms with Crippen LogP contribution >= 0.6 is 0 Å². The molecule has 0 amide bonds. The van der Waals surface area contributed by atoms with Crippen molar-refractivity contribution < 1.29 is 32.5 Å². The zero-order chi connectivity index (χ0) is 30.1. The Hall–Kier alpha value is -5.21. The Morgan fingerprint density at radius 3 is 2.49 bits per heavy atom. The first kappa shape index (κ1) is 27.9. The minimum Gasteiger partial charge on any atom is -0.478 e. The van der Waals surface area contributed by atoms with Gasteiger partial charge in [0.25, 0.3) is 5.88 Å². The van der Waals surface area contributed by atoms with Gasteiger partial charge in [-0.25, -0.2) is 27.9 Å². The Balaban J connectivity index is 1.25. The predicted molar refractivity (Wildman–Crippen MR) is 149 cm³/mol. The molecular formula is C32H23F3N4O4. The van der Waals surface area contributed by atoms with Gasteiger partial charge in [-0.05, 0) is 60.5 Å². The average Bonchev–Trinajstić information content (AvgIpc) is 3.31. The molecule has 6 rings (SSSR count). The van der Waals surface area contributed by atoms with Gasteiger partial charge in [0.05, 0.1) is 46.6 Å². The molecule has 1 aliphatic rings. The van der Waals surface area contributed by atoms with Crippen molar-refractivity contribution in [3.8, 4) is 23.2 Å². The maximum absolute atomic E-state index is 15.4. The number of rotatable bonds is 9. The Morgan fingerprint density at radius 2 is 1.79 bits per heavy atom. The SMILES string of the molecule is N#Cc1ccc(COc2nc(-c3ccc(Cc4nc5ccc(C(=O)O)cc5n4C[C@@H]4CCO4)c(F)c3)ccc2F)c(F)c1. The largest absolute Gasteiger partial charge is 0.478 e. The van der Waals surface area contributed by atoms with E-state index < -0.39 is 23.4 Å². The Morgan fingerprint density at radius 1 is 1.00 bits per heavy atom. The lowest BCUT2D eigenvalue weighted by Gasteiger charge is -2.27. The van der Waals surface area contributed by atoms with Crippen molar-refractivity contribution in [2.75, 3.05) is 6.61 Å². The summed E-state index contributed by atoms with van der Waals surface area (Å²) < 4.78 is 57.0. The molecular weight excluding hydrogens is 561 g/mol. The minimum absolute atomic E-state index is 0.0359. The van der Waals surface area contributed by atoms with E-state index in [1.807, 2.05) is 10.6 Å². The molecule has 0 spiro atoms. The normalized spacial score (nSPS) is 14.3. The molecule has 1 saturated heterocycles. The van der Waals surface area contributed by atoms with Crippen LogP contribution in [0.25, 0.3) is 22.3 Å². The summed E-state index contributed by atoms with van der Waals surface area (Å²) >= 11 is 0.